The quantitative estimate of drug-likeness (QED) is 0.713. The van der Waals surface area contributed by atoms with E-state index in [2.05, 4.69) is 9.97 Å². The third kappa shape index (κ3) is 2.95. The molecular formula is C11H8F3IrN2-. The Morgan fingerprint density at radius 1 is 1.24 bits per heavy atom. The summed E-state index contributed by atoms with van der Waals surface area (Å²) in [5, 5.41) is 0. The van der Waals surface area contributed by atoms with Crippen molar-refractivity contribution in [1.29, 1.82) is 0 Å². The maximum absolute atomic E-state index is 12.7. The number of halogens is 3. The molecule has 0 spiro atoms. The first kappa shape index (κ1) is 13.9. The minimum Gasteiger partial charge on any atom is -0.659 e. The van der Waals surface area contributed by atoms with Crippen molar-refractivity contribution in [3.8, 4) is 11.4 Å². The molecule has 2 rings (SSSR count). The molecule has 17 heavy (non-hydrogen) atoms. The second-order valence-corrected chi connectivity index (χ2v) is 3.37. The monoisotopic (exact) mass is 418 g/mol. The van der Waals surface area contributed by atoms with E-state index in [0.717, 1.165) is 6.07 Å². The van der Waals surface area contributed by atoms with Crippen LogP contribution in [0.5, 0.6) is 0 Å². The molecule has 2 aromatic rings. The van der Waals surface area contributed by atoms with Gasteiger partial charge < -0.3 is 4.98 Å². The number of aromatic nitrogens is 2. The van der Waals surface area contributed by atoms with Crippen LogP contribution in [-0.4, -0.2) is 4.98 Å². The average molecular weight is 417 g/mol. The zero-order valence-corrected chi connectivity index (χ0v) is 11.1. The van der Waals surface area contributed by atoms with Gasteiger partial charge in [0.1, 0.15) is 0 Å². The molecule has 0 aliphatic rings. The van der Waals surface area contributed by atoms with Gasteiger partial charge >= 0.3 is 6.18 Å². The maximum atomic E-state index is 12.7. The van der Waals surface area contributed by atoms with Crippen molar-refractivity contribution in [3.63, 3.8) is 0 Å². The smallest absolute Gasteiger partial charge is 0.415 e. The number of alkyl halides is 3. The Balaban J connectivity index is 0.00000144. The summed E-state index contributed by atoms with van der Waals surface area (Å²) in [6, 6.07) is 5.82. The fourth-order valence-electron chi connectivity index (χ4n) is 1.46. The summed E-state index contributed by atoms with van der Waals surface area (Å²) in [7, 11) is 0. The molecule has 0 fully saturated rings. The van der Waals surface area contributed by atoms with Gasteiger partial charge in [0, 0.05) is 37.6 Å². The molecule has 0 N–H and O–H groups in total. The first-order chi connectivity index (χ1) is 7.48. The molecule has 0 aliphatic heterocycles. The maximum Gasteiger partial charge on any atom is 0.415 e. The first-order valence-corrected chi connectivity index (χ1v) is 4.61. The average Bonchev–Trinajstić information content (AvgIpc) is 2.61. The molecule has 0 amide bonds. The van der Waals surface area contributed by atoms with Crippen molar-refractivity contribution in [3.05, 3.63) is 41.7 Å². The third-order valence-electron chi connectivity index (χ3n) is 2.11. The van der Waals surface area contributed by atoms with E-state index in [1.807, 2.05) is 0 Å². The number of rotatable bonds is 1. The molecule has 2 heterocycles. The van der Waals surface area contributed by atoms with Gasteiger partial charge in [0.15, 0.2) is 0 Å². The van der Waals surface area contributed by atoms with Crippen molar-refractivity contribution in [2.45, 2.75) is 13.1 Å². The van der Waals surface area contributed by atoms with Crippen molar-refractivity contribution in [2.24, 2.45) is 0 Å². The molecule has 0 aliphatic carbocycles. The zero-order valence-electron chi connectivity index (χ0n) is 8.75. The molecule has 0 saturated carbocycles. The molecule has 6 heteroatoms. The van der Waals surface area contributed by atoms with E-state index in [1.165, 1.54) is 19.2 Å². The number of aryl methyl sites for hydroxylation is 1. The standard InChI is InChI=1S/C11H8F3N2.Ir/c1-7-6-8(11(12,13)14)10(16-7)9-4-2-3-5-15-9;/h2-6H,1H3;/q-1;. The molecule has 93 valence electrons. The van der Waals surface area contributed by atoms with Gasteiger partial charge in [0.25, 0.3) is 0 Å². The van der Waals surface area contributed by atoms with E-state index in [1.54, 1.807) is 12.1 Å². The molecule has 0 saturated heterocycles. The van der Waals surface area contributed by atoms with E-state index in [0.29, 0.717) is 5.69 Å². The minimum absolute atomic E-state index is 0. The molecule has 1 radical (unpaired) electrons. The second kappa shape index (κ2) is 5.02. The molecule has 0 aromatic carbocycles. The molecule has 0 atom stereocenters. The Morgan fingerprint density at radius 2 is 1.94 bits per heavy atom. The number of pyridine rings is 1. The van der Waals surface area contributed by atoms with Gasteiger partial charge in [0.2, 0.25) is 0 Å². The van der Waals surface area contributed by atoms with Crippen molar-refractivity contribution in [1.82, 2.24) is 9.97 Å². The molecule has 2 aromatic heterocycles. The van der Waals surface area contributed by atoms with Gasteiger partial charge in [-0.1, -0.05) is 24.8 Å². The fourth-order valence-corrected chi connectivity index (χ4v) is 1.46. The topological polar surface area (TPSA) is 27.0 Å². The first-order valence-electron chi connectivity index (χ1n) is 4.61. The number of hydrogen-bond acceptors (Lipinski definition) is 1. The Bertz CT molecular complexity index is 491. The summed E-state index contributed by atoms with van der Waals surface area (Å²) in [5.41, 5.74) is -0.259. The van der Waals surface area contributed by atoms with Gasteiger partial charge in [-0.15, -0.1) is 0 Å². The summed E-state index contributed by atoms with van der Waals surface area (Å²) in [6.45, 7) is 1.53. The van der Waals surface area contributed by atoms with E-state index in [9.17, 15) is 13.2 Å². The van der Waals surface area contributed by atoms with Crippen LogP contribution in [0.2, 0.25) is 0 Å². The van der Waals surface area contributed by atoms with Crippen LogP contribution in [0.3, 0.4) is 0 Å². The number of nitrogens with zero attached hydrogens (tertiary/aromatic N) is 2. The molecule has 0 unspecified atom stereocenters. The van der Waals surface area contributed by atoms with Gasteiger partial charge in [0.05, 0.1) is 0 Å². The fraction of sp³-hybridized carbons (Fsp3) is 0.182. The molecular weight excluding hydrogens is 409 g/mol. The van der Waals surface area contributed by atoms with Crippen LogP contribution < -0.4 is 4.98 Å². The van der Waals surface area contributed by atoms with Crippen molar-refractivity contribution in [2.75, 3.05) is 0 Å². The zero-order chi connectivity index (χ0) is 11.8. The summed E-state index contributed by atoms with van der Waals surface area (Å²) >= 11 is 0. The van der Waals surface area contributed by atoms with Crippen LogP contribution in [0.25, 0.3) is 11.4 Å². The van der Waals surface area contributed by atoms with Crippen LogP contribution in [0, 0.1) is 6.92 Å². The van der Waals surface area contributed by atoms with E-state index < -0.39 is 11.7 Å². The van der Waals surface area contributed by atoms with E-state index in [4.69, 9.17) is 0 Å². The van der Waals surface area contributed by atoms with Gasteiger partial charge in [-0.25, -0.2) is 0 Å². The Kier molecular flexibility index (Phi) is 4.11. The van der Waals surface area contributed by atoms with Crippen molar-refractivity contribution < 1.29 is 33.3 Å². The van der Waals surface area contributed by atoms with Crippen LogP contribution in [0.1, 0.15) is 11.3 Å². The SMILES string of the molecule is Cc1cc(C(F)(F)F)c(-c2ccccn2)[n-]1.[Ir]. The molecule has 2 nitrogen and oxygen atoms in total. The van der Waals surface area contributed by atoms with E-state index in [-0.39, 0.29) is 31.5 Å². The summed E-state index contributed by atoms with van der Waals surface area (Å²) in [6.07, 6.45) is -2.95. The van der Waals surface area contributed by atoms with Gasteiger partial charge in [-0.3, -0.25) is 4.98 Å². The van der Waals surface area contributed by atoms with Crippen molar-refractivity contribution >= 4 is 0 Å². The Labute approximate surface area is 110 Å². The van der Waals surface area contributed by atoms with Crippen LogP contribution >= 0.6 is 0 Å². The van der Waals surface area contributed by atoms with Crippen LogP contribution in [-0.2, 0) is 26.3 Å². The minimum atomic E-state index is -4.39. The second-order valence-electron chi connectivity index (χ2n) is 3.37. The normalized spacial score (nSPS) is 11.1. The summed E-state index contributed by atoms with van der Waals surface area (Å²) in [5.74, 6) is 0. The molecule has 0 bridgehead atoms. The van der Waals surface area contributed by atoms with Gasteiger partial charge in [-0.2, -0.15) is 18.9 Å². The van der Waals surface area contributed by atoms with Crippen LogP contribution in [0.4, 0.5) is 13.2 Å². The summed E-state index contributed by atoms with van der Waals surface area (Å²) < 4.78 is 38.0. The third-order valence-corrected chi connectivity index (χ3v) is 2.11. The Hall–Kier alpha value is -1.13. The predicted molar refractivity (Wildman–Crippen MR) is 52.7 cm³/mol. The predicted octanol–water partition coefficient (Wildman–Crippen LogP) is 3.03. The number of hydrogen-bond donors (Lipinski definition) is 0. The largest absolute Gasteiger partial charge is 0.659 e. The Morgan fingerprint density at radius 3 is 2.47 bits per heavy atom. The summed E-state index contributed by atoms with van der Waals surface area (Å²) in [4.78, 5) is 7.74. The van der Waals surface area contributed by atoms with Crippen LogP contribution in [0.15, 0.2) is 30.5 Å². The van der Waals surface area contributed by atoms with E-state index >= 15 is 0 Å². The van der Waals surface area contributed by atoms with Gasteiger partial charge in [-0.05, 0) is 12.1 Å².